The molecule has 21 heavy (non-hydrogen) atoms. The number of halogens is 1. The van der Waals surface area contributed by atoms with Crippen molar-refractivity contribution >= 4 is 23.1 Å². The molecule has 0 saturated carbocycles. The maximum absolute atomic E-state index is 6.19. The van der Waals surface area contributed by atoms with E-state index in [9.17, 15) is 0 Å². The summed E-state index contributed by atoms with van der Waals surface area (Å²) in [5.74, 6) is 1.45. The third kappa shape index (κ3) is 2.65. The van der Waals surface area contributed by atoms with Crippen LogP contribution in [0.25, 0.3) is 0 Å². The van der Waals surface area contributed by atoms with Crippen molar-refractivity contribution in [2.45, 2.75) is 19.4 Å². The molecule has 0 aromatic carbocycles. The molecule has 3 heterocycles. The smallest absolute Gasteiger partial charge is 0.157 e. The molecule has 0 aliphatic carbocycles. The summed E-state index contributed by atoms with van der Waals surface area (Å²) in [5, 5.41) is 3.56. The van der Waals surface area contributed by atoms with Gasteiger partial charge in [0.15, 0.2) is 11.0 Å². The van der Waals surface area contributed by atoms with Gasteiger partial charge in [0.1, 0.15) is 12.0 Å². The van der Waals surface area contributed by atoms with E-state index in [1.165, 1.54) is 11.9 Å². The molecule has 1 N–H and O–H groups in total. The SMILES string of the molecule is CNc1c(Cl)ncnc1N1CC(C)CC1c1cccnc1. The minimum Gasteiger partial charge on any atom is -0.383 e. The Morgan fingerprint density at radius 3 is 2.95 bits per heavy atom. The normalized spacial score (nSPS) is 21.6. The van der Waals surface area contributed by atoms with Gasteiger partial charge in [-0.2, -0.15) is 0 Å². The first-order valence-corrected chi connectivity index (χ1v) is 7.43. The molecule has 0 bridgehead atoms. The highest BCUT2D eigenvalue weighted by Gasteiger charge is 2.33. The Hall–Kier alpha value is -1.88. The second-order valence-electron chi connectivity index (χ2n) is 5.41. The highest BCUT2D eigenvalue weighted by molar-refractivity contribution is 6.32. The summed E-state index contributed by atoms with van der Waals surface area (Å²) in [6, 6.07) is 4.36. The van der Waals surface area contributed by atoms with Gasteiger partial charge in [-0.3, -0.25) is 4.98 Å². The number of pyridine rings is 1. The molecule has 1 saturated heterocycles. The van der Waals surface area contributed by atoms with E-state index < -0.39 is 0 Å². The maximum atomic E-state index is 6.19. The molecule has 0 amide bonds. The molecule has 1 aliphatic rings. The second kappa shape index (κ2) is 5.85. The van der Waals surface area contributed by atoms with Crippen LogP contribution in [0.15, 0.2) is 30.9 Å². The molecule has 0 radical (unpaired) electrons. The van der Waals surface area contributed by atoms with Crippen LogP contribution in [0.2, 0.25) is 5.15 Å². The van der Waals surface area contributed by atoms with E-state index in [4.69, 9.17) is 11.6 Å². The Morgan fingerprint density at radius 1 is 1.38 bits per heavy atom. The van der Waals surface area contributed by atoms with E-state index >= 15 is 0 Å². The molecular weight excluding hydrogens is 286 g/mol. The largest absolute Gasteiger partial charge is 0.383 e. The van der Waals surface area contributed by atoms with Crippen LogP contribution in [0.5, 0.6) is 0 Å². The third-order valence-electron chi connectivity index (χ3n) is 3.88. The number of rotatable bonds is 3. The molecule has 5 nitrogen and oxygen atoms in total. The number of anilines is 2. The van der Waals surface area contributed by atoms with Crippen molar-refractivity contribution in [3.05, 3.63) is 41.6 Å². The first kappa shape index (κ1) is 14.1. The first-order chi connectivity index (χ1) is 10.2. The van der Waals surface area contributed by atoms with Gasteiger partial charge < -0.3 is 10.2 Å². The molecule has 1 fully saturated rings. The number of hydrogen-bond acceptors (Lipinski definition) is 5. The maximum Gasteiger partial charge on any atom is 0.157 e. The Balaban J connectivity index is 2.02. The van der Waals surface area contributed by atoms with Crippen LogP contribution in [-0.2, 0) is 0 Å². The summed E-state index contributed by atoms with van der Waals surface area (Å²) in [5.41, 5.74) is 1.99. The van der Waals surface area contributed by atoms with Crippen LogP contribution in [0.4, 0.5) is 11.5 Å². The predicted molar refractivity (Wildman–Crippen MR) is 84.7 cm³/mol. The number of hydrogen-bond donors (Lipinski definition) is 1. The fourth-order valence-corrected chi connectivity index (χ4v) is 3.18. The monoisotopic (exact) mass is 303 g/mol. The first-order valence-electron chi connectivity index (χ1n) is 7.05. The Labute approximate surface area is 129 Å². The van der Waals surface area contributed by atoms with E-state index in [0.29, 0.717) is 11.1 Å². The van der Waals surface area contributed by atoms with Crippen LogP contribution in [0.1, 0.15) is 24.9 Å². The molecule has 2 aromatic heterocycles. The lowest BCUT2D eigenvalue weighted by molar-refractivity contribution is 0.617. The molecule has 0 spiro atoms. The number of aromatic nitrogens is 3. The Bertz CT molecular complexity index is 619. The van der Waals surface area contributed by atoms with Gasteiger partial charge in [-0.1, -0.05) is 24.6 Å². The van der Waals surface area contributed by atoms with Crippen LogP contribution in [-0.4, -0.2) is 28.5 Å². The molecule has 2 unspecified atom stereocenters. The second-order valence-corrected chi connectivity index (χ2v) is 5.77. The summed E-state index contributed by atoms with van der Waals surface area (Å²) >= 11 is 6.19. The zero-order chi connectivity index (χ0) is 14.8. The van der Waals surface area contributed by atoms with Crippen LogP contribution < -0.4 is 10.2 Å². The van der Waals surface area contributed by atoms with E-state index in [1.807, 2.05) is 19.3 Å². The minimum absolute atomic E-state index is 0.270. The predicted octanol–water partition coefficient (Wildman–Crippen LogP) is 3.15. The fourth-order valence-electron chi connectivity index (χ4n) is 2.96. The summed E-state index contributed by atoms with van der Waals surface area (Å²) < 4.78 is 0. The van der Waals surface area contributed by atoms with Gasteiger partial charge in [0.25, 0.3) is 0 Å². The summed E-state index contributed by atoms with van der Waals surface area (Å²) in [4.78, 5) is 15.0. The number of nitrogens with one attached hydrogen (secondary N) is 1. The van der Waals surface area contributed by atoms with E-state index in [1.54, 1.807) is 6.20 Å². The summed E-state index contributed by atoms with van der Waals surface area (Å²) in [6.07, 6.45) is 6.32. The molecule has 2 atom stereocenters. The quantitative estimate of drug-likeness (QED) is 0.883. The van der Waals surface area contributed by atoms with Crippen LogP contribution in [0, 0.1) is 5.92 Å². The molecule has 110 valence electrons. The molecule has 2 aromatic rings. The van der Waals surface area contributed by atoms with Gasteiger partial charge in [-0.15, -0.1) is 0 Å². The number of nitrogens with zero attached hydrogens (tertiary/aromatic N) is 4. The molecule has 1 aliphatic heterocycles. The van der Waals surface area contributed by atoms with Crippen LogP contribution >= 0.6 is 11.6 Å². The van der Waals surface area contributed by atoms with Crippen molar-refractivity contribution < 1.29 is 0 Å². The van der Waals surface area contributed by atoms with Gasteiger partial charge in [0, 0.05) is 26.0 Å². The van der Waals surface area contributed by atoms with Gasteiger partial charge >= 0.3 is 0 Å². The van der Waals surface area contributed by atoms with Gasteiger partial charge in [-0.25, -0.2) is 9.97 Å². The zero-order valence-corrected chi connectivity index (χ0v) is 12.9. The molecule has 3 rings (SSSR count). The Morgan fingerprint density at radius 2 is 2.24 bits per heavy atom. The minimum atomic E-state index is 0.270. The fraction of sp³-hybridized carbons (Fsp3) is 0.400. The van der Waals surface area contributed by atoms with Gasteiger partial charge in [0.05, 0.1) is 6.04 Å². The highest BCUT2D eigenvalue weighted by atomic mass is 35.5. The molecular formula is C15H18ClN5. The summed E-state index contributed by atoms with van der Waals surface area (Å²) in [7, 11) is 1.84. The lowest BCUT2D eigenvalue weighted by Crippen LogP contribution is -2.25. The zero-order valence-electron chi connectivity index (χ0n) is 12.1. The van der Waals surface area contributed by atoms with Gasteiger partial charge in [-0.05, 0) is 24.0 Å². The van der Waals surface area contributed by atoms with Crippen molar-refractivity contribution in [3.8, 4) is 0 Å². The molecule has 6 heteroatoms. The van der Waals surface area contributed by atoms with E-state index in [-0.39, 0.29) is 6.04 Å². The van der Waals surface area contributed by atoms with Crippen molar-refractivity contribution in [2.24, 2.45) is 5.92 Å². The lowest BCUT2D eigenvalue weighted by atomic mass is 10.0. The average molecular weight is 304 g/mol. The van der Waals surface area contributed by atoms with Gasteiger partial charge in [0.2, 0.25) is 0 Å². The third-order valence-corrected chi connectivity index (χ3v) is 4.17. The topological polar surface area (TPSA) is 53.9 Å². The van der Waals surface area contributed by atoms with Crippen molar-refractivity contribution in [1.29, 1.82) is 0 Å². The van der Waals surface area contributed by atoms with E-state index in [0.717, 1.165) is 24.5 Å². The van der Waals surface area contributed by atoms with Crippen molar-refractivity contribution in [1.82, 2.24) is 15.0 Å². The standard InChI is InChI=1S/C15H18ClN5/c1-10-6-12(11-4-3-5-18-7-11)21(8-10)15-13(17-2)14(16)19-9-20-15/h3-5,7,9-10,12,17H,6,8H2,1-2H3. The highest BCUT2D eigenvalue weighted by Crippen LogP contribution is 2.41. The van der Waals surface area contributed by atoms with Crippen molar-refractivity contribution in [2.75, 3.05) is 23.8 Å². The van der Waals surface area contributed by atoms with Crippen LogP contribution in [0.3, 0.4) is 0 Å². The summed E-state index contributed by atoms with van der Waals surface area (Å²) in [6.45, 7) is 3.20. The van der Waals surface area contributed by atoms with Crippen molar-refractivity contribution in [3.63, 3.8) is 0 Å². The Kier molecular flexibility index (Phi) is 3.92. The lowest BCUT2D eigenvalue weighted by Gasteiger charge is -2.27. The van der Waals surface area contributed by atoms with E-state index in [2.05, 4.69) is 38.2 Å². The average Bonchev–Trinajstić information content (AvgIpc) is 2.89.